The van der Waals surface area contributed by atoms with E-state index in [1.165, 1.54) is 12.1 Å². The maximum atomic E-state index is 12.9. The Hall–Kier alpha value is -1.44. The maximum absolute atomic E-state index is 12.9. The van der Waals surface area contributed by atoms with E-state index in [0.717, 1.165) is 35.6 Å². The van der Waals surface area contributed by atoms with Gasteiger partial charge in [-0.1, -0.05) is 17.3 Å². The topological polar surface area (TPSA) is 71.2 Å². The summed E-state index contributed by atoms with van der Waals surface area (Å²) in [5.41, 5.74) is 1.04. The van der Waals surface area contributed by atoms with E-state index in [9.17, 15) is 14.6 Å². The number of halogens is 1. The number of hydrogen-bond donors (Lipinski definition) is 2. The normalized spacial score (nSPS) is 18.2. The molecule has 0 amide bonds. The van der Waals surface area contributed by atoms with Crippen LogP contribution in [-0.2, 0) is 19.4 Å². The molecule has 2 heterocycles. The summed E-state index contributed by atoms with van der Waals surface area (Å²) in [7, 11) is 0. The highest BCUT2D eigenvalue weighted by molar-refractivity contribution is 7.99. The molecule has 1 aromatic heterocycles. The quantitative estimate of drug-likeness (QED) is 0.787. The van der Waals surface area contributed by atoms with Crippen LogP contribution in [0.5, 0.6) is 0 Å². The van der Waals surface area contributed by atoms with Gasteiger partial charge in [-0.15, -0.1) is 5.10 Å². The zero-order valence-electron chi connectivity index (χ0n) is 14.1. The Morgan fingerprint density at radius 1 is 1.24 bits per heavy atom. The molecule has 0 radical (unpaired) electrons. The van der Waals surface area contributed by atoms with Crippen LogP contribution in [0.1, 0.15) is 30.5 Å². The number of hydrogen-bond acceptors (Lipinski definition) is 5. The molecule has 136 valence electrons. The van der Waals surface area contributed by atoms with Gasteiger partial charge in [-0.05, 0) is 61.3 Å². The Morgan fingerprint density at radius 3 is 2.68 bits per heavy atom. The Morgan fingerprint density at radius 2 is 1.96 bits per heavy atom. The summed E-state index contributed by atoms with van der Waals surface area (Å²) in [4.78, 5) is 0. The van der Waals surface area contributed by atoms with Gasteiger partial charge in [-0.3, -0.25) is 0 Å². The fourth-order valence-electron chi connectivity index (χ4n) is 3.05. The van der Waals surface area contributed by atoms with E-state index in [4.69, 9.17) is 0 Å². The Kier molecular flexibility index (Phi) is 6.09. The molecule has 3 rings (SSSR count). The minimum Gasteiger partial charge on any atom is -0.393 e. The van der Waals surface area contributed by atoms with Gasteiger partial charge in [-0.2, -0.15) is 11.8 Å². The fourth-order valence-corrected chi connectivity index (χ4v) is 4.30. The van der Waals surface area contributed by atoms with Crippen molar-refractivity contribution in [3.8, 4) is 0 Å². The lowest BCUT2D eigenvalue weighted by molar-refractivity contribution is 0.0111. The fraction of sp³-hybridized carbons (Fsp3) is 0.556. The van der Waals surface area contributed by atoms with Gasteiger partial charge >= 0.3 is 0 Å². The smallest absolute Gasteiger partial charge is 0.123 e. The van der Waals surface area contributed by atoms with E-state index in [0.29, 0.717) is 25.8 Å². The Balaban J connectivity index is 1.47. The summed E-state index contributed by atoms with van der Waals surface area (Å²) in [6, 6.07) is 6.19. The van der Waals surface area contributed by atoms with Crippen molar-refractivity contribution in [3.05, 3.63) is 47.5 Å². The first-order valence-corrected chi connectivity index (χ1v) is 9.80. The monoisotopic (exact) mass is 365 g/mol. The lowest BCUT2D eigenvalue weighted by atomic mass is 9.97. The molecule has 1 fully saturated rings. The minimum absolute atomic E-state index is 0.270. The molecule has 1 atom stereocenters. The van der Waals surface area contributed by atoms with Crippen LogP contribution >= 0.6 is 11.8 Å². The molecule has 25 heavy (non-hydrogen) atoms. The number of aliphatic hydroxyl groups excluding tert-OH is 1. The molecule has 1 aliphatic rings. The molecule has 2 N–H and O–H groups in total. The summed E-state index contributed by atoms with van der Waals surface area (Å²) in [6.07, 6.45) is 4.59. The van der Waals surface area contributed by atoms with Gasteiger partial charge in [0.1, 0.15) is 5.82 Å². The van der Waals surface area contributed by atoms with Crippen molar-refractivity contribution in [1.82, 2.24) is 15.0 Å². The number of thioether (sulfide) groups is 1. The van der Waals surface area contributed by atoms with E-state index in [-0.39, 0.29) is 5.82 Å². The van der Waals surface area contributed by atoms with Crippen molar-refractivity contribution in [3.63, 3.8) is 0 Å². The van der Waals surface area contributed by atoms with Crippen LogP contribution < -0.4 is 0 Å². The van der Waals surface area contributed by atoms with Crippen molar-refractivity contribution in [2.45, 2.75) is 50.4 Å². The van der Waals surface area contributed by atoms with Crippen LogP contribution in [0, 0.1) is 5.82 Å². The predicted octanol–water partition coefficient (Wildman–Crippen LogP) is 2.21. The van der Waals surface area contributed by atoms with Gasteiger partial charge in [0, 0.05) is 6.20 Å². The van der Waals surface area contributed by atoms with Crippen molar-refractivity contribution in [1.29, 1.82) is 0 Å². The Bertz CT molecular complexity index is 671. The van der Waals surface area contributed by atoms with E-state index < -0.39 is 11.7 Å². The number of aryl methyl sites for hydroxylation is 1. The number of rotatable bonds is 7. The standard InChI is InChI=1S/C18H24FN3O2S/c19-15-3-1-14(2-4-15)11-17(23)6-5-16-12-22(21-20-16)13-18(24)7-9-25-10-8-18/h1-4,12,17,23-24H,5-11,13H2. The van der Waals surface area contributed by atoms with Gasteiger partial charge in [0.05, 0.1) is 23.9 Å². The number of aliphatic hydroxyl groups is 2. The molecule has 0 bridgehead atoms. The molecule has 7 heteroatoms. The molecule has 2 aromatic rings. The van der Waals surface area contributed by atoms with E-state index in [1.807, 2.05) is 18.0 Å². The summed E-state index contributed by atoms with van der Waals surface area (Å²) in [6.45, 7) is 0.471. The van der Waals surface area contributed by atoms with Gasteiger partial charge in [0.2, 0.25) is 0 Å². The lowest BCUT2D eigenvalue weighted by Crippen LogP contribution is -2.38. The molecule has 1 aromatic carbocycles. The number of benzene rings is 1. The molecule has 1 aliphatic heterocycles. The van der Waals surface area contributed by atoms with Gasteiger partial charge < -0.3 is 10.2 Å². The highest BCUT2D eigenvalue weighted by atomic mass is 32.2. The van der Waals surface area contributed by atoms with Crippen LogP contribution in [-0.4, -0.2) is 48.4 Å². The highest BCUT2D eigenvalue weighted by Crippen LogP contribution is 2.28. The summed E-state index contributed by atoms with van der Waals surface area (Å²) < 4.78 is 14.6. The largest absolute Gasteiger partial charge is 0.393 e. The van der Waals surface area contributed by atoms with Crippen LogP contribution in [0.15, 0.2) is 30.5 Å². The molecule has 5 nitrogen and oxygen atoms in total. The van der Waals surface area contributed by atoms with Gasteiger partial charge in [-0.25, -0.2) is 9.07 Å². The second-order valence-electron chi connectivity index (χ2n) is 6.77. The number of aromatic nitrogens is 3. The first kappa shape index (κ1) is 18.4. The predicted molar refractivity (Wildman–Crippen MR) is 96.0 cm³/mol. The molecule has 0 saturated carbocycles. The molecule has 1 saturated heterocycles. The van der Waals surface area contributed by atoms with Crippen molar-refractivity contribution < 1.29 is 14.6 Å². The number of nitrogens with zero attached hydrogens (tertiary/aromatic N) is 3. The third-order valence-corrected chi connectivity index (χ3v) is 5.57. The molecule has 0 spiro atoms. The Labute approximate surface area is 151 Å². The van der Waals surface area contributed by atoms with Crippen molar-refractivity contribution in [2.24, 2.45) is 0 Å². The third kappa shape index (κ3) is 5.52. The first-order valence-electron chi connectivity index (χ1n) is 8.64. The SMILES string of the molecule is OC(CCc1cn(CC2(O)CCSCC2)nn1)Cc1ccc(F)cc1. The van der Waals surface area contributed by atoms with E-state index in [1.54, 1.807) is 16.8 Å². The average molecular weight is 365 g/mol. The summed E-state index contributed by atoms with van der Waals surface area (Å²) in [5, 5.41) is 29.0. The average Bonchev–Trinajstić information content (AvgIpc) is 3.02. The molecular formula is C18H24FN3O2S. The van der Waals surface area contributed by atoms with Crippen molar-refractivity contribution >= 4 is 11.8 Å². The van der Waals surface area contributed by atoms with Crippen LogP contribution in [0.4, 0.5) is 4.39 Å². The summed E-state index contributed by atoms with van der Waals surface area (Å²) >= 11 is 1.87. The van der Waals surface area contributed by atoms with E-state index in [2.05, 4.69) is 10.3 Å². The zero-order chi connectivity index (χ0) is 17.7. The van der Waals surface area contributed by atoms with Crippen molar-refractivity contribution in [2.75, 3.05) is 11.5 Å². The molecule has 1 unspecified atom stereocenters. The van der Waals surface area contributed by atoms with Crippen LogP contribution in [0.25, 0.3) is 0 Å². The summed E-state index contributed by atoms with van der Waals surface area (Å²) in [5.74, 6) is 1.69. The van der Waals surface area contributed by atoms with Gasteiger partial charge in [0.25, 0.3) is 0 Å². The van der Waals surface area contributed by atoms with Crippen LogP contribution in [0.3, 0.4) is 0 Å². The first-order chi connectivity index (χ1) is 12.0. The second-order valence-corrected chi connectivity index (χ2v) is 7.99. The molecular weight excluding hydrogens is 341 g/mol. The second kappa shape index (κ2) is 8.29. The molecule has 0 aliphatic carbocycles. The zero-order valence-corrected chi connectivity index (χ0v) is 15.0. The maximum Gasteiger partial charge on any atom is 0.123 e. The van der Waals surface area contributed by atoms with Gasteiger partial charge in [0.15, 0.2) is 0 Å². The van der Waals surface area contributed by atoms with Crippen LogP contribution in [0.2, 0.25) is 0 Å². The minimum atomic E-state index is -0.682. The van der Waals surface area contributed by atoms with E-state index >= 15 is 0 Å². The third-order valence-electron chi connectivity index (χ3n) is 4.58. The lowest BCUT2D eigenvalue weighted by Gasteiger charge is -2.31. The highest BCUT2D eigenvalue weighted by Gasteiger charge is 2.30.